The number of fused-ring (bicyclic) bond motifs is 1. The average Bonchev–Trinajstić information content (AvgIpc) is 3.04. The first-order valence-corrected chi connectivity index (χ1v) is 8.40. The van der Waals surface area contributed by atoms with Gasteiger partial charge in [-0.3, -0.25) is 5.32 Å². The van der Waals surface area contributed by atoms with Crippen LogP contribution in [0.15, 0.2) is 54.6 Å². The monoisotopic (exact) mass is 338 g/mol. The zero-order valence-corrected chi connectivity index (χ0v) is 14.4. The van der Waals surface area contributed by atoms with Gasteiger partial charge in [0.2, 0.25) is 0 Å². The molecule has 0 aliphatic heterocycles. The second kappa shape index (κ2) is 7.79. The number of amides is 1. The van der Waals surface area contributed by atoms with Crippen LogP contribution in [0.4, 0.5) is 4.79 Å². The summed E-state index contributed by atoms with van der Waals surface area (Å²) in [7, 11) is 0. The van der Waals surface area contributed by atoms with Crippen molar-refractivity contribution in [3.63, 3.8) is 0 Å². The molecular weight excluding hydrogens is 316 g/mol. The van der Waals surface area contributed by atoms with E-state index >= 15 is 0 Å². The lowest BCUT2D eigenvalue weighted by molar-refractivity contribution is 0.125. The predicted octanol–water partition coefficient (Wildman–Crippen LogP) is 3.90. The third kappa shape index (κ3) is 4.56. The molecule has 0 saturated heterocycles. The number of nitrogens with zero attached hydrogens (tertiary/aromatic N) is 3. The number of benzene rings is 2. The standard InChI is InChI=1S/C19H22N4O2/c1-14(2)12-18(23-21-16-10-6-7-11-17(16)22-23)20-19(24)25-13-15-8-4-3-5-9-15/h3-11,14,18H,12-13H2,1-2H3,(H,20,24). The highest BCUT2D eigenvalue weighted by Gasteiger charge is 2.19. The first-order valence-electron chi connectivity index (χ1n) is 8.40. The van der Waals surface area contributed by atoms with Crippen molar-refractivity contribution < 1.29 is 9.53 Å². The molecule has 1 amide bonds. The fourth-order valence-electron chi connectivity index (χ4n) is 2.57. The highest BCUT2D eigenvalue weighted by atomic mass is 16.5. The molecule has 0 fully saturated rings. The molecule has 6 heteroatoms. The number of hydrogen-bond donors (Lipinski definition) is 1. The number of aromatic nitrogens is 3. The molecule has 3 aromatic rings. The van der Waals surface area contributed by atoms with Crippen LogP contribution in [-0.2, 0) is 11.3 Å². The maximum Gasteiger partial charge on any atom is 0.409 e. The van der Waals surface area contributed by atoms with Crippen molar-refractivity contribution in [3.8, 4) is 0 Å². The summed E-state index contributed by atoms with van der Waals surface area (Å²) in [6.07, 6.45) is -0.118. The van der Waals surface area contributed by atoms with E-state index in [1.807, 2.05) is 54.6 Å². The Morgan fingerprint density at radius 3 is 2.24 bits per heavy atom. The minimum absolute atomic E-state index is 0.232. The second-order valence-corrected chi connectivity index (χ2v) is 6.36. The van der Waals surface area contributed by atoms with E-state index in [2.05, 4.69) is 29.4 Å². The summed E-state index contributed by atoms with van der Waals surface area (Å²) in [5, 5.41) is 11.8. The molecule has 1 atom stereocenters. The third-order valence-corrected chi connectivity index (χ3v) is 3.77. The van der Waals surface area contributed by atoms with E-state index in [0.717, 1.165) is 16.6 Å². The number of nitrogens with one attached hydrogen (secondary N) is 1. The minimum atomic E-state index is -0.476. The largest absolute Gasteiger partial charge is 0.445 e. The SMILES string of the molecule is CC(C)CC(NC(=O)OCc1ccccc1)n1nc2ccccc2n1. The fraction of sp³-hybridized carbons (Fsp3) is 0.316. The van der Waals surface area contributed by atoms with E-state index in [1.54, 1.807) is 4.80 Å². The predicted molar refractivity (Wildman–Crippen MR) is 95.8 cm³/mol. The topological polar surface area (TPSA) is 69.0 Å². The molecule has 0 bridgehead atoms. The van der Waals surface area contributed by atoms with Gasteiger partial charge in [0, 0.05) is 0 Å². The number of hydrogen-bond acceptors (Lipinski definition) is 4. The molecule has 0 spiro atoms. The zero-order chi connectivity index (χ0) is 17.6. The van der Waals surface area contributed by atoms with Crippen LogP contribution in [0.1, 0.15) is 32.0 Å². The molecule has 6 nitrogen and oxygen atoms in total. The molecule has 1 N–H and O–H groups in total. The van der Waals surface area contributed by atoms with Crippen LogP contribution in [0.3, 0.4) is 0 Å². The maximum atomic E-state index is 12.2. The van der Waals surface area contributed by atoms with E-state index in [0.29, 0.717) is 12.3 Å². The smallest absolute Gasteiger partial charge is 0.409 e. The van der Waals surface area contributed by atoms with Crippen LogP contribution in [0.25, 0.3) is 11.0 Å². The summed E-state index contributed by atoms with van der Waals surface area (Å²) in [6, 6.07) is 17.2. The second-order valence-electron chi connectivity index (χ2n) is 6.36. The highest BCUT2D eigenvalue weighted by molar-refractivity contribution is 5.73. The molecule has 0 aliphatic carbocycles. The summed E-state index contributed by atoms with van der Waals surface area (Å²) >= 11 is 0. The van der Waals surface area contributed by atoms with Crippen molar-refractivity contribution in [2.45, 2.75) is 33.0 Å². The average molecular weight is 338 g/mol. The Kier molecular flexibility index (Phi) is 5.28. The molecule has 3 rings (SSSR count). The Labute approximate surface area is 146 Å². The Bertz CT molecular complexity index is 797. The van der Waals surface area contributed by atoms with Gasteiger partial charge in [0.15, 0.2) is 0 Å². The molecule has 0 radical (unpaired) electrons. The van der Waals surface area contributed by atoms with E-state index in [4.69, 9.17) is 4.74 Å². The van der Waals surface area contributed by atoms with Gasteiger partial charge in [-0.25, -0.2) is 4.79 Å². The number of carbonyl (C=O) groups excluding carboxylic acids is 1. The molecule has 1 aromatic heterocycles. The Balaban J connectivity index is 1.68. The van der Waals surface area contributed by atoms with Crippen molar-refractivity contribution in [2.24, 2.45) is 5.92 Å². The van der Waals surface area contributed by atoms with Crippen LogP contribution in [-0.4, -0.2) is 21.1 Å². The van der Waals surface area contributed by atoms with Crippen molar-refractivity contribution in [3.05, 3.63) is 60.2 Å². The molecule has 2 aromatic carbocycles. The van der Waals surface area contributed by atoms with Crippen LogP contribution < -0.4 is 5.32 Å². The van der Waals surface area contributed by atoms with Gasteiger partial charge < -0.3 is 4.74 Å². The quantitative estimate of drug-likeness (QED) is 0.740. The molecule has 0 saturated carbocycles. The molecule has 130 valence electrons. The summed E-state index contributed by atoms with van der Waals surface area (Å²) in [4.78, 5) is 13.8. The molecule has 25 heavy (non-hydrogen) atoms. The summed E-state index contributed by atoms with van der Waals surface area (Å²) < 4.78 is 5.32. The maximum absolute atomic E-state index is 12.2. The van der Waals surface area contributed by atoms with Crippen LogP contribution in [0, 0.1) is 5.92 Å². The van der Waals surface area contributed by atoms with Gasteiger partial charge in [0.05, 0.1) is 0 Å². The van der Waals surface area contributed by atoms with E-state index in [9.17, 15) is 4.79 Å². The Morgan fingerprint density at radius 1 is 1.04 bits per heavy atom. The number of alkyl carbamates (subject to hydrolysis) is 1. The molecular formula is C19H22N4O2. The van der Waals surface area contributed by atoms with Gasteiger partial charge in [-0.05, 0) is 30.0 Å². The Hall–Kier alpha value is -2.89. The molecule has 0 aliphatic rings. The normalized spacial score (nSPS) is 12.3. The lowest BCUT2D eigenvalue weighted by Crippen LogP contribution is -2.35. The summed E-state index contributed by atoms with van der Waals surface area (Å²) in [6.45, 7) is 4.41. The first kappa shape index (κ1) is 17.0. The lowest BCUT2D eigenvalue weighted by atomic mass is 10.1. The van der Waals surface area contributed by atoms with Gasteiger partial charge in [-0.1, -0.05) is 56.3 Å². The van der Waals surface area contributed by atoms with E-state index in [-0.39, 0.29) is 12.8 Å². The van der Waals surface area contributed by atoms with Gasteiger partial charge in [-0.15, -0.1) is 0 Å². The van der Waals surface area contributed by atoms with Gasteiger partial charge in [0.1, 0.15) is 23.8 Å². The van der Waals surface area contributed by atoms with Crippen molar-refractivity contribution in [1.29, 1.82) is 0 Å². The van der Waals surface area contributed by atoms with Crippen LogP contribution >= 0.6 is 0 Å². The molecule has 1 heterocycles. The highest BCUT2D eigenvalue weighted by Crippen LogP contribution is 2.16. The summed E-state index contributed by atoms with van der Waals surface area (Å²) in [5.41, 5.74) is 2.55. The Morgan fingerprint density at radius 2 is 1.64 bits per heavy atom. The number of carbonyl (C=O) groups is 1. The minimum Gasteiger partial charge on any atom is -0.445 e. The van der Waals surface area contributed by atoms with Gasteiger partial charge in [-0.2, -0.15) is 15.0 Å². The van der Waals surface area contributed by atoms with Crippen LogP contribution in [0.2, 0.25) is 0 Å². The zero-order valence-electron chi connectivity index (χ0n) is 14.4. The van der Waals surface area contributed by atoms with E-state index in [1.165, 1.54) is 0 Å². The van der Waals surface area contributed by atoms with Crippen molar-refractivity contribution in [2.75, 3.05) is 0 Å². The summed E-state index contributed by atoms with van der Waals surface area (Å²) in [5.74, 6) is 0.369. The van der Waals surface area contributed by atoms with Crippen molar-refractivity contribution in [1.82, 2.24) is 20.3 Å². The number of ether oxygens (including phenoxy) is 1. The van der Waals surface area contributed by atoms with Crippen molar-refractivity contribution >= 4 is 17.1 Å². The van der Waals surface area contributed by atoms with Crippen LogP contribution in [0.5, 0.6) is 0 Å². The van der Waals surface area contributed by atoms with Gasteiger partial charge in [0.25, 0.3) is 0 Å². The lowest BCUT2D eigenvalue weighted by Gasteiger charge is -2.19. The fourth-order valence-corrected chi connectivity index (χ4v) is 2.57. The first-order chi connectivity index (χ1) is 12.1. The van der Waals surface area contributed by atoms with Gasteiger partial charge >= 0.3 is 6.09 Å². The number of rotatable bonds is 6. The molecule has 1 unspecified atom stereocenters. The third-order valence-electron chi connectivity index (χ3n) is 3.77. The van der Waals surface area contributed by atoms with E-state index < -0.39 is 6.09 Å².